The predicted octanol–water partition coefficient (Wildman–Crippen LogP) is 4.57. The lowest BCUT2D eigenvalue weighted by molar-refractivity contribution is -0.118. The van der Waals surface area contributed by atoms with E-state index in [1.807, 2.05) is 37.3 Å². The molecule has 0 radical (unpaired) electrons. The first kappa shape index (κ1) is 23.1. The molecule has 0 aliphatic rings. The molecule has 166 valence electrons. The molecule has 2 N–H and O–H groups in total. The van der Waals surface area contributed by atoms with E-state index in [4.69, 9.17) is 9.47 Å². The Hall–Kier alpha value is -4.57. The number of carbonyl (C=O) groups is 2. The van der Waals surface area contributed by atoms with Gasteiger partial charge in [-0.3, -0.25) is 9.59 Å². The van der Waals surface area contributed by atoms with Crippen molar-refractivity contribution in [2.75, 3.05) is 24.4 Å². The van der Waals surface area contributed by atoms with Gasteiger partial charge in [-0.15, -0.1) is 0 Å². The summed E-state index contributed by atoms with van der Waals surface area (Å²) in [5.74, 6) is 0.368. The zero-order chi connectivity index (χ0) is 23.6. The summed E-state index contributed by atoms with van der Waals surface area (Å²) >= 11 is 0. The van der Waals surface area contributed by atoms with E-state index < -0.39 is 5.91 Å². The quantitative estimate of drug-likeness (QED) is 0.394. The van der Waals surface area contributed by atoms with Crippen molar-refractivity contribution in [3.63, 3.8) is 0 Å². The van der Waals surface area contributed by atoms with E-state index in [0.717, 1.165) is 5.56 Å². The third-order valence-corrected chi connectivity index (χ3v) is 4.61. The van der Waals surface area contributed by atoms with Gasteiger partial charge in [0.25, 0.3) is 11.8 Å². The van der Waals surface area contributed by atoms with Gasteiger partial charge in [0.2, 0.25) is 0 Å². The first-order chi connectivity index (χ1) is 16.0. The molecule has 3 aromatic carbocycles. The van der Waals surface area contributed by atoms with Crippen LogP contribution in [0.25, 0.3) is 6.08 Å². The van der Waals surface area contributed by atoms with E-state index in [-0.39, 0.29) is 18.1 Å². The van der Waals surface area contributed by atoms with Crippen LogP contribution >= 0.6 is 0 Å². The normalized spacial score (nSPS) is 10.6. The van der Waals surface area contributed by atoms with Crippen LogP contribution in [-0.4, -0.2) is 25.5 Å². The van der Waals surface area contributed by atoms with Gasteiger partial charge in [-0.2, -0.15) is 5.26 Å². The summed E-state index contributed by atoms with van der Waals surface area (Å²) in [6, 6.07) is 22.9. The van der Waals surface area contributed by atoms with Crippen molar-refractivity contribution in [3.05, 3.63) is 89.5 Å². The van der Waals surface area contributed by atoms with Gasteiger partial charge in [0, 0.05) is 11.4 Å². The summed E-state index contributed by atoms with van der Waals surface area (Å²) in [6.07, 6.45) is 1.48. The predicted molar refractivity (Wildman–Crippen MR) is 127 cm³/mol. The first-order valence-corrected chi connectivity index (χ1v) is 10.1. The van der Waals surface area contributed by atoms with Crippen molar-refractivity contribution in [1.82, 2.24) is 0 Å². The number of hydrogen-bond donors (Lipinski definition) is 2. The van der Waals surface area contributed by atoms with Crippen LogP contribution in [0, 0.1) is 18.3 Å². The summed E-state index contributed by atoms with van der Waals surface area (Å²) in [6.45, 7) is 1.83. The Morgan fingerprint density at radius 1 is 0.879 bits per heavy atom. The largest absolute Gasteiger partial charge is 0.497 e. The van der Waals surface area contributed by atoms with Crippen LogP contribution in [0.5, 0.6) is 11.5 Å². The number of nitrogens with zero attached hydrogens (tertiary/aromatic N) is 1. The average Bonchev–Trinajstić information content (AvgIpc) is 2.84. The number of rotatable bonds is 8. The average molecular weight is 441 g/mol. The van der Waals surface area contributed by atoms with E-state index in [9.17, 15) is 14.9 Å². The van der Waals surface area contributed by atoms with Crippen molar-refractivity contribution >= 4 is 29.3 Å². The molecule has 0 saturated heterocycles. The SMILES string of the molecule is COc1ccc(NC(=O)/C(C#N)=C/c2ccc(OCC(=O)Nc3ccc(C)cc3)cc2)cc1. The summed E-state index contributed by atoms with van der Waals surface area (Å²) in [5.41, 5.74) is 2.96. The molecule has 0 aliphatic heterocycles. The molecule has 7 heteroatoms. The first-order valence-electron chi connectivity index (χ1n) is 10.1. The molecule has 0 spiro atoms. The van der Waals surface area contributed by atoms with Gasteiger partial charge >= 0.3 is 0 Å². The number of amides is 2. The molecular weight excluding hydrogens is 418 g/mol. The monoisotopic (exact) mass is 441 g/mol. The van der Waals surface area contributed by atoms with Gasteiger partial charge in [-0.1, -0.05) is 29.8 Å². The standard InChI is InChI=1S/C26H23N3O4/c1-18-3-7-21(8-4-18)28-25(30)17-33-24-11-5-19(6-12-24)15-20(16-27)26(31)29-22-9-13-23(32-2)14-10-22/h3-15H,17H2,1-2H3,(H,28,30)(H,29,31)/b20-15+. The summed E-state index contributed by atoms with van der Waals surface area (Å²) in [4.78, 5) is 24.5. The van der Waals surface area contributed by atoms with Gasteiger partial charge in [0.1, 0.15) is 23.1 Å². The smallest absolute Gasteiger partial charge is 0.266 e. The number of anilines is 2. The lowest BCUT2D eigenvalue weighted by Gasteiger charge is -2.08. The topological polar surface area (TPSA) is 100 Å². The van der Waals surface area contributed by atoms with E-state index in [1.165, 1.54) is 6.08 Å². The highest BCUT2D eigenvalue weighted by molar-refractivity contribution is 6.09. The number of hydrogen-bond acceptors (Lipinski definition) is 5. The van der Waals surface area contributed by atoms with Gasteiger partial charge in [0.15, 0.2) is 6.61 Å². The molecule has 7 nitrogen and oxygen atoms in total. The summed E-state index contributed by atoms with van der Waals surface area (Å²) in [7, 11) is 1.56. The van der Waals surface area contributed by atoms with Gasteiger partial charge in [0.05, 0.1) is 7.11 Å². The van der Waals surface area contributed by atoms with E-state index in [0.29, 0.717) is 28.4 Å². The molecule has 33 heavy (non-hydrogen) atoms. The highest BCUT2D eigenvalue weighted by atomic mass is 16.5. The van der Waals surface area contributed by atoms with Crippen LogP contribution in [0.3, 0.4) is 0 Å². The third-order valence-electron chi connectivity index (χ3n) is 4.61. The molecule has 0 unspecified atom stereocenters. The number of methoxy groups -OCH3 is 1. The lowest BCUT2D eigenvalue weighted by atomic mass is 10.1. The molecule has 0 aliphatic carbocycles. The van der Waals surface area contributed by atoms with Gasteiger partial charge in [-0.05, 0) is 67.1 Å². The molecule has 0 bridgehead atoms. The number of nitriles is 1. The highest BCUT2D eigenvalue weighted by Crippen LogP contribution is 2.18. The Bertz CT molecular complexity index is 1180. The van der Waals surface area contributed by atoms with Gasteiger partial charge < -0.3 is 20.1 Å². The Morgan fingerprint density at radius 2 is 1.45 bits per heavy atom. The fourth-order valence-corrected chi connectivity index (χ4v) is 2.83. The Labute approximate surface area is 192 Å². The molecule has 0 heterocycles. The number of ether oxygens (including phenoxy) is 2. The fourth-order valence-electron chi connectivity index (χ4n) is 2.83. The van der Waals surface area contributed by atoms with Crippen LogP contribution in [0.1, 0.15) is 11.1 Å². The molecule has 0 aromatic heterocycles. The highest BCUT2D eigenvalue weighted by Gasteiger charge is 2.10. The van der Waals surface area contributed by atoms with Crippen LogP contribution in [0.2, 0.25) is 0 Å². The number of carbonyl (C=O) groups excluding carboxylic acids is 2. The molecule has 2 amide bonds. The summed E-state index contributed by atoms with van der Waals surface area (Å²) in [5, 5.41) is 14.8. The fraction of sp³-hybridized carbons (Fsp3) is 0.115. The minimum Gasteiger partial charge on any atom is -0.497 e. The van der Waals surface area contributed by atoms with Crippen molar-refractivity contribution in [3.8, 4) is 17.6 Å². The van der Waals surface area contributed by atoms with Gasteiger partial charge in [-0.25, -0.2) is 0 Å². The van der Waals surface area contributed by atoms with Crippen LogP contribution in [0.15, 0.2) is 78.4 Å². The Balaban J connectivity index is 1.56. The Morgan fingerprint density at radius 3 is 2.06 bits per heavy atom. The van der Waals surface area contributed by atoms with Crippen molar-refractivity contribution in [1.29, 1.82) is 5.26 Å². The maximum Gasteiger partial charge on any atom is 0.266 e. The van der Waals surface area contributed by atoms with E-state index in [2.05, 4.69) is 10.6 Å². The molecule has 0 saturated carbocycles. The summed E-state index contributed by atoms with van der Waals surface area (Å²) < 4.78 is 10.6. The zero-order valence-electron chi connectivity index (χ0n) is 18.3. The number of nitrogens with one attached hydrogen (secondary N) is 2. The molecule has 3 aromatic rings. The van der Waals surface area contributed by atoms with Crippen molar-refractivity contribution < 1.29 is 19.1 Å². The molecule has 0 fully saturated rings. The van der Waals surface area contributed by atoms with Crippen molar-refractivity contribution in [2.45, 2.75) is 6.92 Å². The van der Waals surface area contributed by atoms with Crippen molar-refractivity contribution in [2.24, 2.45) is 0 Å². The second kappa shape index (κ2) is 11.2. The zero-order valence-corrected chi connectivity index (χ0v) is 18.3. The third kappa shape index (κ3) is 6.97. The van der Waals surface area contributed by atoms with E-state index in [1.54, 1.807) is 55.6 Å². The minimum atomic E-state index is -0.518. The van der Waals surface area contributed by atoms with Crippen LogP contribution in [0.4, 0.5) is 11.4 Å². The minimum absolute atomic E-state index is 0.0445. The molecular formula is C26H23N3O4. The molecule has 0 atom stereocenters. The second-order valence-corrected chi connectivity index (χ2v) is 7.12. The maximum atomic E-state index is 12.4. The van der Waals surface area contributed by atoms with Crippen LogP contribution in [-0.2, 0) is 9.59 Å². The van der Waals surface area contributed by atoms with E-state index >= 15 is 0 Å². The Kier molecular flexibility index (Phi) is 7.81. The molecule has 3 rings (SSSR count). The number of benzene rings is 3. The van der Waals surface area contributed by atoms with Crippen LogP contribution < -0.4 is 20.1 Å². The maximum absolute atomic E-state index is 12.4. The second-order valence-electron chi connectivity index (χ2n) is 7.12. The number of aryl methyl sites for hydroxylation is 1. The lowest BCUT2D eigenvalue weighted by Crippen LogP contribution is -2.20.